The first-order valence-electron chi connectivity index (χ1n) is 10.9. The Balaban J connectivity index is 1.42. The summed E-state index contributed by atoms with van der Waals surface area (Å²) in [6.45, 7) is -0.681. The number of aliphatic hydroxyl groups excluding tert-OH is 2. The zero-order valence-corrected chi connectivity index (χ0v) is 20.9. The average Bonchev–Trinajstić information content (AvgIpc) is 3.51. The van der Waals surface area contributed by atoms with Crippen LogP contribution in [0.1, 0.15) is 38.3 Å². The molecule has 14 nitrogen and oxygen atoms in total. The van der Waals surface area contributed by atoms with E-state index in [-0.39, 0.29) is 29.4 Å². The molecule has 0 aromatic carbocycles. The van der Waals surface area contributed by atoms with E-state index >= 15 is 0 Å². The molecule has 2 aromatic heterocycles. The van der Waals surface area contributed by atoms with Crippen LogP contribution in [-0.4, -0.2) is 81.3 Å². The number of aromatic nitrogens is 4. The minimum absolute atomic E-state index is 0.0207. The van der Waals surface area contributed by atoms with Crippen LogP contribution in [0.2, 0.25) is 0 Å². The Morgan fingerprint density at radius 2 is 2.14 bits per heavy atom. The fraction of sp³-hybridized carbons (Fsp3) is 0.667. The largest absolute Gasteiger partial charge is 0.469 e. The van der Waals surface area contributed by atoms with Gasteiger partial charge in [0.1, 0.15) is 18.3 Å². The van der Waals surface area contributed by atoms with Gasteiger partial charge in [0.05, 0.1) is 12.9 Å². The molecule has 2 aromatic rings. The molecular weight excluding hydrogens is 525 g/mol. The lowest BCUT2D eigenvalue weighted by Crippen LogP contribution is -2.33. The molecule has 1 unspecified atom stereocenters. The number of phosphoric acid groups is 1. The SMILES string of the molecule is O=C(CCCCC1CCSS1)Nc1nc2c(ncn2[C@@H]2O[C@H](COP(=O)(O)O)[C@@H](O)[C@H]2O)c(=O)[nH]1. The van der Waals surface area contributed by atoms with Gasteiger partial charge in [-0.2, -0.15) is 4.98 Å². The first kappa shape index (κ1) is 26.6. The van der Waals surface area contributed by atoms with Gasteiger partial charge < -0.3 is 24.7 Å². The third-order valence-corrected chi connectivity index (χ3v) is 9.11. The molecule has 2 fully saturated rings. The number of carbonyl (C=O) groups is 1. The van der Waals surface area contributed by atoms with Gasteiger partial charge in [-0.15, -0.1) is 0 Å². The Morgan fingerprint density at radius 3 is 2.86 bits per heavy atom. The number of phosphoric ester groups is 1. The highest BCUT2D eigenvalue weighted by Crippen LogP contribution is 2.40. The van der Waals surface area contributed by atoms with Crippen molar-refractivity contribution in [3.8, 4) is 0 Å². The molecule has 2 aliphatic rings. The van der Waals surface area contributed by atoms with Gasteiger partial charge in [0.2, 0.25) is 11.9 Å². The van der Waals surface area contributed by atoms with Gasteiger partial charge in [-0.1, -0.05) is 28.0 Å². The molecule has 0 aliphatic carbocycles. The summed E-state index contributed by atoms with van der Waals surface area (Å²) in [6.07, 6.45) is -0.292. The summed E-state index contributed by atoms with van der Waals surface area (Å²) in [6, 6.07) is 0. The fourth-order valence-corrected chi connectivity index (χ4v) is 7.22. The van der Waals surface area contributed by atoms with Crippen LogP contribution in [0, 0.1) is 0 Å². The first-order valence-corrected chi connectivity index (χ1v) is 14.8. The zero-order chi connectivity index (χ0) is 25.2. The topological polar surface area (TPSA) is 209 Å². The van der Waals surface area contributed by atoms with Gasteiger partial charge in [-0.3, -0.25) is 29.0 Å². The predicted octanol–water partition coefficient (Wildman–Crippen LogP) is 0.501. The van der Waals surface area contributed by atoms with Crippen molar-refractivity contribution >= 4 is 52.4 Å². The number of nitrogens with one attached hydrogen (secondary N) is 2. The van der Waals surface area contributed by atoms with Crippen molar-refractivity contribution < 1.29 is 38.6 Å². The molecule has 0 saturated carbocycles. The Bertz CT molecular complexity index is 1150. The molecule has 194 valence electrons. The number of imidazole rings is 1. The number of rotatable bonds is 10. The summed E-state index contributed by atoms with van der Waals surface area (Å²) in [5, 5.41) is 23.8. The Labute approximate surface area is 206 Å². The smallest absolute Gasteiger partial charge is 0.387 e. The molecule has 17 heteroatoms. The molecule has 5 atom stereocenters. The van der Waals surface area contributed by atoms with E-state index in [0.29, 0.717) is 11.7 Å². The molecule has 4 rings (SSSR count). The van der Waals surface area contributed by atoms with Gasteiger partial charge in [0.15, 0.2) is 17.4 Å². The van der Waals surface area contributed by atoms with Crippen molar-refractivity contribution in [2.24, 2.45) is 0 Å². The van der Waals surface area contributed by atoms with Crippen molar-refractivity contribution in [1.29, 1.82) is 0 Å². The predicted molar refractivity (Wildman–Crippen MR) is 128 cm³/mol. The van der Waals surface area contributed by atoms with Crippen LogP contribution in [0.25, 0.3) is 11.2 Å². The summed E-state index contributed by atoms with van der Waals surface area (Å²) in [5.41, 5.74) is -0.739. The molecule has 2 aliphatic heterocycles. The van der Waals surface area contributed by atoms with Crippen molar-refractivity contribution in [1.82, 2.24) is 19.5 Å². The first-order chi connectivity index (χ1) is 16.6. The van der Waals surface area contributed by atoms with E-state index in [4.69, 9.17) is 14.5 Å². The number of nitrogens with zero attached hydrogens (tertiary/aromatic N) is 3. The molecule has 1 amide bonds. The minimum atomic E-state index is -4.82. The lowest BCUT2D eigenvalue weighted by Gasteiger charge is -2.16. The molecule has 0 bridgehead atoms. The molecule has 35 heavy (non-hydrogen) atoms. The van der Waals surface area contributed by atoms with Gasteiger partial charge >= 0.3 is 7.82 Å². The summed E-state index contributed by atoms with van der Waals surface area (Å²) in [5.74, 6) is 0.748. The summed E-state index contributed by atoms with van der Waals surface area (Å²) in [4.78, 5) is 53.2. The Kier molecular flexibility index (Phi) is 8.56. The van der Waals surface area contributed by atoms with Crippen LogP contribution < -0.4 is 10.9 Å². The summed E-state index contributed by atoms with van der Waals surface area (Å²) < 4.78 is 22.0. The van der Waals surface area contributed by atoms with Crippen molar-refractivity contribution in [2.75, 3.05) is 17.7 Å². The molecular formula is C18H26N5O9PS2. The van der Waals surface area contributed by atoms with Crippen LogP contribution in [-0.2, 0) is 18.6 Å². The van der Waals surface area contributed by atoms with E-state index < -0.39 is 44.5 Å². The lowest BCUT2D eigenvalue weighted by molar-refractivity contribution is -0.116. The highest BCUT2D eigenvalue weighted by Gasteiger charge is 2.45. The summed E-state index contributed by atoms with van der Waals surface area (Å²) in [7, 11) is -1.05. The third-order valence-electron chi connectivity index (χ3n) is 5.62. The molecule has 6 N–H and O–H groups in total. The van der Waals surface area contributed by atoms with Gasteiger partial charge in [-0.05, 0) is 19.3 Å². The average molecular weight is 552 g/mol. The number of carbonyl (C=O) groups excluding carboxylic acids is 1. The van der Waals surface area contributed by atoms with Crippen molar-refractivity contribution in [2.45, 2.75) is 61.9 Å². The molecule has 2 saturated heterocycles. The fourth-order valence-electron chi connectivity index (χ4n) is 3.86. The quantitative estimate of drug-likeness (QED) is 0.135. The van der Waals surface area contributed by atoms with E-state index in [1.807, 2.05) is 21.6 Å². The number of aromatic amines is 1. The number of amides is 1. The molecule has 4 heterocycles. The highest BCUT2D eigenvalue weighted by atomic mass is 33.1. The Morgan fingerprint density at radius 1 is 1.34 bits per heavy atom. The van der Waals surface area contributed by atoms with E-state index in [1.165, 1.54) is 17.3 Å². The number of fused-ring (bicyclic) bond motifs is 1. The maximum Gasteiger partial charge on any atom is 0.469 e. The van der Waals surface area contributed by atoms with E-state index in [1.54, 1.807) is 0 Å². The highest BCUT2D eigenvalue weighted by molar-refractivity contribution is 8.77. The van der Waals surface area contributed by atoms with E-state index in [0.717, 1.165) is 18.6 Å². The van der Waals surface area contributed by atoms with Crippen LogP contribution in [0.5, 0.6) is 0 Å². The number of anilines is 1. The Hall–Kier alpha value is -1.49. The second-order valence-electron chi connectivity index (χ2n) is 8.19. The van der Waals surface area contributed by atoms with Crippen LogP contribution >= 0.6 is 29.4 Å². The summed E-state index contributed by atoms with van der Waals surface area (Å²) >= 11 is 0. The van der Waals surface area contributed by atoms with E-state index in [2.05, 4.69) is 24.8 Å². The monoisotopic (exact) mass is 551 g/mol. The third kappa shape index (κ3) is 6.64. The number of aliphatic hydroxyl groups is 2. The number of unbranched alkanes of at least 4 members (excludes halogenated alkanes) is 1. The number of hydrogen-bond acceptors (Lipinski definition) is 11. The maximum absolute atomic E-state index is 12.5. The second kappa shape index (κ2) is 11.3. The maximum atomic E-state index is 12.5. The lowest BCUT2D eigenvalue weighted by atomic mass is 10.1. The van der Waals surface area contributed by atoms with Gasteiger partial charge in [0, 0.05) is 17.4 Å². The number of ether oxygens (including phenoxy) is 1. The number of H-pyrrole nitrogens is 1. The molecule has 0 spiro atoms. The van der Waals surface area contributed by atoms with Crippen LogP contribution in [0.15, 0.2) is 11.1 Å². The number of hydrogen-bond donors (Lipinski definition) is 6. The van der Waals surface area contributed by atoms with Crippen molar-refractivity contribution in [3.05, 3.63) is 16.7 Å². The normalized spacial score (nSPS) is 27.0. The van der Waals surface area contributed by atoms with Gasteiger partial charge in [-0.25, -0.2) is 9.55 Å². The standard InChI is InChI=1S/C18H26N5O9PS2/c24-11(4-2-1-3-9-5-6-34-35-9)20-18-21-15-12(16(27)22-18)19-8-23(15)17-14(26)13(25)10(32-17)7-31-33(28,29)30/h8-10,13-14,17,25-26H,1-7H2,(H2,28,29,30)(H2,20,21,22,24,27)/t9?,10-,13-,14-,17-/m1/s1. The van der Waals surface area contributed by atoms with Crippen LogP contribution in [0.3, 0.4) is 0 Å². The van der Waals surface area contributed by atoms with E-state index in [9.17, 15) is 24.4 Å². The zero-order valence-electron chi connectivity index (χ0n) is 18.3. The minimum Gasteiger partial charge on any atom is -0.387 e. The molecule has 0 radical (unpaired) electrons. The second-order valence-corrected chi connectivity index (χ2v) is 12.2. The van der Waals surface area contributed by atoms with Crippen molar-refractivity contribution in [3.63, 3.8) is 0 Å². The van der Waals surface area contributed by atoms with Crippen LogP contribution in [0.4, 0.5) is 5.95 Å². The van der Waals surface area contributed by atoms with Gasteiger partial charge in [0.25, 0.3) is 5.56 Å².